The van der Waals surface area contributed by atoms with Gasteiger partial charge in [-0.3, -0.25) is 3.97 Å². The van der Waals surface area contributed by atoms with Crippen LogP contribution in [0.4, 0.5) is 28.8 Å². The molecule has 6 nitrogen and oxygen atoms in total. The van der Waals surface area contributed by atoms with E-state index in [4.69, 9.17) is 0 Å². The third-order valence-electron chi connectivity index (χ3n) is 4.53. The van der Waals surface area contributed by atoms with Gasteiger partial charge < -0.3 is 10.6 Å². The van der Waals surface area contributed by atoms with Crippen molar-refractivity contribution in [2.75, 3.05) is 17.2 Å². The lowest BCUT2D eigenvalue weighted by atomic mass is 9.93. The number of halogens is 4. The lowest BCUT2D eigenvalue weighted by Gasteiger charge is -2.26. The molecule has 1 fully saturated rings. The van der Waals surface area contributed by atoms with Gasteiger partial charge >= 0.3 is 6.18 Å². The summed E-state index contributed by atoms with van der Waals surface area (Å²) in [6.07, 6.45) is 1.92. The molecule has 1 saturated carbocycles. The van der Waals surface area contributed by atoms with Crippen LogP contribution < -0.4 is 10.6 Å². The van der Waals surface area contributed by atoms with E-state index in [9.17, 15) is 17.1 Å². The molecule has 0 aliphatic heterocycles. The van der Waals surface area contributed by atoms with Gasteiger partial charge in [-0.1, -0.05) is 13.8 Å². The number of hydrogen-bond donors (Lipinski definition) is 2. The van der Waals surface area contributed by atoms with E-state index in [1.807, 2.05) is 13.8 Å². The van der Waals surface area contributed by atoms with Crippen molar-refractivity contribution in [3.63, 3.8) is 0 Å². The highest BCUT2D eigenvalue weighted by Crippen LogP contribution is 2.33. The SMILES string of the molecule is CC.FSn1c(-c2ccnc(NCC(F)(F)F)n2)cc2cnc(NC3CCC3)cc21. The molecule has 0 bridgehead atoms. The maximum absolute atomic E-state index is 13.7. The first-order valence-electron chi connectivity index (χ1n) is 9.64. The van der Waals surface area contributed by atoms with Gasteiger partial charge in [0.2, 0.25) is 5.95 Å². The highest BCUT2D eigenvalue weighted by Gasteiger charge is 2.27. The molecule has 0 spiro atoms. The summed E-state index contributed by atoms with van der Waals surface area (Å²) in [7, 11) is 0. The van der Waals surface area contributed by atoms with E-state index < -0.39 is 12.7 Å². The van der Waals surface area contributed by atoms with Gasteiger partial charge in [0.1, 0.15) is 12.4 Å². The summed E-state index contributed by atoms with van der Waals surface area (Å²) in [5, 5.41) is 6.14. The van der Waals surface area contributed by atoms with Crippen LogP contribution in [-0.2, 0) is 0 Å². The molecule has 0 unspecified atom stereocenters. The van der Waals surface area contributed by atoms with E-state index >= 15 is 0 Å². The first-order chi connectivity index (χ1) is 14.4. The molecule has 1 aliphatic carbocycles. The Kier molecular flexibility index (Phi) is 7.01. The molecule has 3 heterocycles. The second kappa shape index (κ2) is 9.50. The molecule has 30 heavy (non-hydrogen) atoms. The van der Waals surface area contributed by atoms with E-state index in [2.05, 4.69) is 25.6 Å². The molecule has 2 N–H and O–H groups in total. The molecule has 4 rings (SSSR count). The standard InChI is InChI=1S/C17H16F4N6S.C2H6/c18-17(19,20)9-24-16-22-5-4-12(26-16)14-6-10-8-23-15(25-11-2-1-3-11)7-13(10)27(14)28-21;1-2/h4-8,11H,1-3,9H2,(H,23,25)(H,22,24,26);1-2H3. The van der Waals surface area contributed by atoms with Crippen LogP contribution in [0.15, 0.2) is 30.6 Å². The Morgan fingerprint density at radius 1 is 1.20 bits per heavy atom. The van der Waals surface area contributed by atoms with E-state index in [1.54, 1.807) is 18.3 Å². The zero-order valence-electron chi connectivity index (χ0n) is 16.5. The molecule has 0 radical (unpaired) electrons. The van der Waals surface area contributed by atoms with Crippen molar-refractivity contribution in [3.05, 3.63) is 30.6 Å². The number of rotatable bonds is 6. The molecule has 162 valence electrons. The van der Waals surface area contributed by atoms with Crippen molar-refractivity contribution in [2.24, 2.45) is 0 Å². The molecule has 0 saturated heterocycles. The zero-order chi connectivity index (χ0) is 21.7. The van der Waals surface area contributed by atoms with Gasteiger partial charge in [-0.05, 0) is 31.4 Å². The van der Waals surface area contributed by atoms with Crippen molar-refractivity contribution < 1.29 is 17.1 Å². The number of anilines is 2. The van der Waals surface area contributed by atoms with Crippen LogP contribution in [0, 0.1) is 0 Å². The lowest BCUT2D eigenvalue weighted by Crippen LogP contribution is -2.27. The van der Waals surface area contributed by atoms with Gasteiger partial charge in [-0.25, -0.2) is 15.0 Å². The van der Waals surface area contributed by atoms with Crippen LogP contribution in [0.2, 0.25) is 0 Å². The highest BCUT2D eigenvalue weighted by atomic mass is 32.2. The van der Waals surface area contributed by atoms with Crippen molar-refractivity contribution in [1.29, 1.82) is 0 Å². The summed E-state index contributed by atoms with van der Waals surface area (Å²) in [4.78, 5) is 12.2. The topological polar surface area (TPSA) is 67.7 Å². The normalized spacial score (nSPS) is 14.1. The number of nitrogens with zero attached hydrogens (tertiary/aromatic N) is 4. The van der Waals surface area contributed by atoms with Gasteiger partial charge in [-0.15, -0.1) is 3.89 Å². The van der Waals surface area contributed by atoms with Crippen molar-refractivity contribution >= 4 is 35.0 Å². The van der Waals surface area contributed by atoms with Crippen molar-refractivity contribution in [3.8, 4) is 11.4 Å². The minimum atomic E-state index is -4.39. The number of hydrogen-bond acceptors (Lipinski definition) is 6. The van der Waals surface area contributed by atoms with Crippen molar-refractivity contribution in [2.45, 2.75) is 45.3 Å². The van der Waals surface area contributed by atoms with Crippen molar-refractivity contribution in [1.82, 2.24) is 18.9 Å². The second-order valence-electron chi connectivity index (χ2n) is 6.53. The van der Waals surface area contributed by atoms with Gasteiger partial charge in [0.25, 0.3) is 0 Å². The predicted octanol–water partition coefficient (Wildman–Crippen LogP) is 5.84. The minimum Gasteiger partial charge on any atom is -0.367 e. The quantitative estimate of drug-likeness (QED) is 0.468. The number of alkyl halides is 3. The Bertz CT molecular complexity index is 987. The summed E-state index contributed by atoms with van der Waals surface area (Å²) in [6.45, 7) is 2.75. The largest absolute Gasteiger partial charge is 0.405 e. The van der Waals surface area contributed by atoms with E-state index in [0.717, 1.165) is 12.8 Å². The zero-order valence-corrected chi connectivity index (χ0v) is 17.3. The first-order valence-corrected chi connectivity index (χ1v) is 10.3. The number of fused-ring (bicyclic) bond motifs is 1. The molecule has 0 amide bonds. The molecule has 0 atom stereocenters. The minimum absolute atomic E-state index is 0.00249. The summed E-state index contributed by atoms with van der Waals surface area (Å²) < 4.78 is 52.3. The van der Waals surface area contributed by atoms with Crippen LogP contribution in [0.1, 0.15) is 33.1 Å². The van der Waals surface area contributed by atoms with E-state index in [0.29, 0.717) is 34.2 Å². The molecule has 11 heteroatoms. The summed E-state index contributed by atoms with van der Waals surface area (Å²) >= 11 is -0.00249. The Balaban J connectivity index is 0.00000124. The van der Waals surface area contributed by atoms with Gasteiger partial charge in [0.15, 0.2) is 12.3 Å². The third-order valence-corrected chi connectivity index (χ3v) is 5.06. The van der Waals surface area contributed by atoms with Crippen LogP contribution in [-0.4, -0.2) is 37.7 Å². The average molecular weight is 442 g/mol. The summed E-state index contributed by atoms with van der Waals surface area (Å²) in [6, 6.07) is 5.35. The van der Waals surface area contributed by atoms with E-state index in [1.165, 1.54) is 22.7 Å². The van der Waals surface area contributed by atoms with Gasteiger partial charge in [0, 0.05) is 29.9 Å². The Morgan fingerprint density at radius 3 is 2.60 bits per heavy atom. The van der Waals surface area contributed by atoms with Gasteiger partial charge in [-0.2, -0.15) is 13.2 Å². The van der Waals surface area contributed by atoms with Crippen LogP contribution in [0.3, 0.4) is 0 Å². The monoisotopic (exact) mass is 442 g/mol. The first kappa shape index (κ1) is 22.1. The lowest BCUT2D eigenvalue weighted by molar-refractivity contribution is -0.115. The number of nitrogens with one attached hydrogen (secondary N) is 2. The Hall–Kier alpha value is -2.56. The fourth-order valence-corrected chi connectivity index (χ4v) is 3.39. The Morgan fingerprint density at radius 2 is 1.97 bits per heavy atom. The Labute approximate surface area is 175 Å². The number of aromatic nitrogens is 4. The number of pyridine rings is 1. The highest BCUT2D eigenvalue weighted by molar-refractivity contribution is 7.93. The van der Waals surface area contributed by atoms with Crippen LogP contribution in [0.25, 0.3) is 22.3 Å². The van der Waals surface area contributed by atoms with Gasteiger partial charge in [0.05, 0.1) is 16.9 Å². The average Bonchev–Trinajstić information content (AvgIpc) is 3.08. The molecular formula is C19H22F4N6S. The van der Waals surface area contributed by atoms with Crippen LogP contribution in [0.5, 0.6) is 0 Å². The maximum atomic E-state index is 13.7. The fourth-order valence-electron chi connectivity index (χ4n) is 2.94. The molecule has 3 aromatic rings. The maximum Gasteiger partial charge on any atom is 0.405 e. The van der Waals surface area contributed by atoms with E-state index in [-0.39, 0.29) is 18.3 Å². The molecule has 3 aromatic heterocycles. The van der Waals surface area contributed by atoms with Crippen LogP contribution >= 0.6 is 12.3 Å². The molecule has 1 aliphatic rings. The third kappa shape index (κ3) is 5.13. The predicted molar refractivity (Wildman–Crippen MR) is 112 cm³/mol. The smallest absolute Gasteiger partial charge is 0.367 e. The molecule has 0 aromatic carbocycles. The summed E-state index contributed by atoms with van der Waals surface area (Å²) in [5.74, 6) is 0.480. The molecular weight excluding hydrogens is 420 g/mol. The fraction of sp³-hybridized carbons (Fsp3) is 0.421. The summed E-state index contributed by atoms with van der Waals surface area (Å²) in [5.41, 5.74) is 1.31. The second-order valence-corrected chi connectivity index (χ2v) is 7.03.